The van der Waals surface area contributed by atoms with Gasteiger partial charge in [0.25, 0.3) is 0 Å². The lowest BCUT2D eigenvalue weighted by Gasteiger charge is -2.32. The summed E-state index contributed by atoms with van der Waals surface area (Å²) in [5, 5.41) is 15.2. The molecule has 0 bridgehead atoms. The van der Waals surface area contributed by atoms with Gasteiger partial charge in [-0.1, -0.05) is 20.8 Å². The highest BCUT2D eigenvalue weighted by Gasteiger charge is 2.19. The maximum absolute atomic E-state index is 12.7. The Balaban J connectivity index is 2.01. The van der Waals surface area contributed by atoms with Gasteiger partial charge in [-0.2, -0.15) is 0 Å². The second kappa shape index (κ2) is 35.1. The molecule has 0 aromatic carbocycles. The van der Waals surface area contributed by atoms with Gasteiger partial charge in [-0.3, -0.25) is 29.1 Å². The zero-order chi connectivity index (χ0) is 39.5. The summed E-state index contributed by atoms with van der Waals surface area (Å²) in [5.41, 5.74) is 0. The van der Waals surface area contributed by atoms with Crippen molar-refractivity contribution in [3.8, 4) is 0 Å². The Morgan fingerprint density at radius 3 is 1.48 bits per heavy atom. The summed E-state index contributed by atoms with van der Waals surface area (Å²) in [4.78, 5) is 55.3. The number of rotatable bonds is 32. The number of nitrogens with one attached hydrogen (secondary N) is 2. The Hall–Kier alpha value is -2.32. The quantitative estimate of drug-likeness (QED) is 0.0597. The normalized spacial score (nSPS) is 15.9. The number of carbonyl (C=O) groups is 4. The average molecular weight is 777 g/mol. The molecule has 17 heteroatoms. The molecule has 1 aliphatic heterocycles. The van der Waals surface area contributed by atoms with E-state index in [0.717, 1.165) is 51.9 Å². The number of hydrogen-bond acceptors (Lipinski definition) is 14. The van der Waals surface area contributed by atoms with Crippen LogP contribution in [0.5, 0.6) is 0 Å². The van der Waals surface area contributed by atoms with Crippen molar-refractivity contribution in [3.63, 3.8) is 0 Å². The molecule has 0 aliphatic carbocycles. The summed E-state index contributed by atoms with van der Waals surface area (Å²) in [7, 11) is 0. The fourth-order valence-electron chi connectivity index (χ4n) is 5.40. The van der Waals surface area contributed by atoms with Crippen LogP contribution in [0.4, 0.5) is 0 Å². The van der Waals surface area contributed by atoms with Gasteiger partial charge < -0.3 is 53.9 Å². The van der Waals surface area contributed by atoms with Crippen LogP contribution in [-0.2, 0) is 47.6 Å². The van der Waals surface area contributed by atoms with Crippen LogP contribution in [-0.4, -0.2) is 220 Å². The number of likely N-dealkylation sites (N-methyl/N-ethyl adjacent to an activating group) is 1. The molecule has 54 heavy (non-hydrogen) atoms. The van der Waals surface area contributed by atoms with Crippen LogP contribution in [0.1, 0.15) is 40.0 Å². The van der Waals surface area contributed by atoms with Crippen molar-refractivity contribution < 1.29 is 52.7 Å². The first kappa shape index (κ1) is 49.7. The summed E-state index contributed by atoms with van der Waals surface area (Å²) in [5.74, 6) is -0.332. The summed E-state index contributed by atoms with van der Waals surface area (Å²) in [6.45, 7) is 19.2. The zero-order valence-corrected chi connectivity index (χ0v) is 33.5. The smallest absolute Gasteiger partial charge is 0.317 e. The molecular formula is C37H72N6O11. The minimum absolute atomic E-state index is 0.0195. The number of aldehydes is 1. The molecule has 1 rings (SSSR count). The van der Waals surface area contributed by atoms with E-state index >= 15 is 0 Å². The lowest BCUT2D eigenvalue weighted by atomic mass is 10.1. The van der Waals surface area contributed by atoms with Crippen LogP contribution >= 0.6 is 0 Å². The van der Waals surface area contributed by atoms with E-state index < -0.39 is 5.97 Å². The first-order valence-electron chi connectivity index (χ1n) is 19.8. The van der Waals surface area contributed by atoms with E-state index in [0.29, 0.717) is 137 Å². The van der Waals surface area contributed by atoms with Crippen molar-refractivity contribution in [2.24, 2.45) is 5.92 Å². The third kappa shape index (κ3) is 30.9. The number of aliphatic carboxylic acids is 1. The molecule has 1 aliphatic rings. The fraction of sp³-hybridized carbons (Fsp3) is 0.892. The number of hydrogen-bond donors (Lipinski definition) is 3. The van der Waals surface area contributed by atoms with Gasteiger partial charge in [-0.25, -0.2) is 0 Å². The monoisotopic (exact) mass is 777 g/mol. The van der Waals surface area contributed by atoms with Crippen LogP contribution in [0.15, 0.2) is 0 Å². The van der Waals surface area contributed by atoms with Gasteiger partial charge in [0.05, 0.1) is 98.9 Å². The SMILES string of the molecule is CCN1CCN(CC=O)CCN(CC(=O)O)CCN(CC(=O)NCCOCCOCCOCCOCCOCCOCCC(=O)NCCCC(C)C)CC1. The Bertz CT molecular complexity index is 952. The molecule has 3 N–H and O–H groups in total. The summed E-state index contributed by atoms with van der Waals surface area (Å²) < 4.78 is 33.0. The molecule has 1 fully saturated rings. The van der Waals surface area contributed by atoms with Crippen molar-refractivity contribution in [2.45, 2.75) is 40.0 Å². The van der Waals surface area contributed by atoms with Crippen LogP contribution in [0.25, 0.3) is 0 Å². The summed E-state index contributed by atoms with van der Waals surface area (Å²) >= 11 is 0. The first-order valence-corrected chi connectivity index (χ1v) is 19.8. The Morgan fingerprint density at radius 2 is 1.02 bits per heavy atom. The van der Waals surface area contributed by atoms with E-state index in [4.69, 9.17) is 28.4 Å². The number of carboxylic acids is 1. The molecule has 316 valence electrons. The molecule has 0 radical (unpaired) electrons. The molecule has 0 spiro atoms. The molecule has 1 heterocycles. The van der Waals surface area contributed by atoms with Crippen molar-refractivity contribution in [2.75, 3.05) is 171 Å². The highest BCUT2D eigenvalue weighted by Crippen LogP contribution is 2.02. The van der Waals surface area contributed by atoms with Crippen LogP contribution < -0.4 is 10.6 Å². The first-order chi connectivity index (χ1) is 26.2. The predicted molar refractivity (Wildman–Crippen MR) is 205 cm³/mol. The van der Waals surface area contributed by atoms with Gasteiger partial charge in [-0.15, -0.1) is 0 Å². The zero-order valence-electron chi connectivity index (χ0n) is 33.5. The molecule has 1 saturated heterocycles. The van der Waals surface area contributed by atoms with Crippen molar-refractivity contribution >= 4 is 24.1 Å². The number of amides is 2. The van der Waals surface area contributed by atoms with Gasteiger partial charge in [0.1, 0.15) is 6.29 Å². The summed E-state index contributed by atoms with van der Waals surface area (Å²) in [6.07, 6.45) is 3.36. The lowest BCUT2D eigenvalue weighted by Crippen LogP contribution is -2.49. The topological polar surface area (TPSA) is 181 Å². The Labute approximate surface area is 323 Å². The third-order valence-corrected chi connectivity index (χ3v) is 8.62. The summed E-state index contributed by atoms with van der Waals surface area (Å²) in [6, 6.07) is 0. The minimum atomic E-state index is -0.897. The number of nitrogens with zero attached hydrogens (tertiary/aromatic N) is 4. The minimum Gasteiger partial charge on any atom is -0.480 e. The van der Waals surface area contributed by atoms with Crippen LogP contribution in [0.2, 0.25) is 0 Å². The third-order valence-electron chi connectivity index (χ3n) is 8.62. The van der Waals surface area contributed by atoms with Gasteiger partial charge in [0, 0.05) is 71.9 Å². The number of carboxylic acid groups (broad SMARTS) is 1. The largest absolute Gasteiger partial charge is 0.480 e. The van der Waals surface area contributed by atoms with Crippen LogP contribution in [0.3, 0.4) is 0 Å². The van der Waals surface area contributed by atoms with Gasteiger partial charge in [0.2, 0.25) is 11.8 Å². The van der Waals surface area contributed by atoms with E-state index in [-0.39, 0.29) is 24.9 Å². The Kier molecular flexibility index (Phi) is 32.3. The molecule has 0 unspecified atom stereocenters. The van der Waals surface area contributed by atoms with Crippen LogP contribution in [0, 0.1) is 5.92 Å². The van der Waals surface area contributed by atoms with Crippen molar-refractivity contribution in [1.82, 2.24) is 30.2 Å². The molecular weight excluding hydrogens is 704 g/mol. The van der Waals surface area contributed by atoms with E-state index in [9.17, 15) is 24.3 Å². The second-order valence-corrected chi connectivity index (χ2v) is 13.5. The van der Waals surface area contributed by atoms with Crippen molar-refractivity contribution in [1.29, 1.82) is 0 Å². The Morgan fingerprint density at radius 1 is 0.593 bits per heavy atom. The molecule has 0 atom stereocenters. The fourth-order valence-corrected chi connectivity index (χ4v) is 5.40. The molecule has 2 amide bonds. The standard InChI is InChI=1S/C37H72N6O11/c1-4-40-10-12-41(18-19-44)13-15-43(33-37(47)48)17-16-42(14-11-40)32-36(46)39-9-21-50-23-25-52-27-29-54-31-30-53-28-26-51-24-22-49-20-7-35(45)38-8-5-6-34(2)3/h19,34H,4-18,20-33H2,1-3H3,(H,38,45)(H,39,46)(H,47,48). The lowest BCUT2D eigenvalue weighted by molar-refractivity contribution is -0.138. The number of ether oxygens (including phenoxy) is 6. The van der Waals surface area contributed by atoms with E-state index in [1.165, 1.54) is 0 Å². The average Bonchev–Trinajstić information content (AvgIpc) is 3.13. The van der Waals surface area contributed by atoms with E-state index in [1.54, 1.807) is 0 Å². The molecule has 0 aromatic heterocycles. The highest BCUT2D eigenvalue weighted by molar-refractivity contribution is 5.78. The maximum atomic E-state index is 12.7. The molecule has 17 nitrogen and oxygen atoms in total. The van der Waals surface area contributed by atoms with Crippen molar-refractivity contribution in [3.05, 3.63) is 0 Å². The predicted octanol–water partition coefficient (Wildman–Crippen LogP) is -0.330. The highest BCUT2D eigenvalue weighted by atomic mass is 16.6. The molecule has 0 aromatic rings. The second-order valence-electron chi connectivity index (χ2n) is 13.5. The maximum Gasteiger partial charge on any atom is 0.317 e. The van der Waals surface area contributed by atoms with E-state index in [2.05, 4.69) is 46.1 Å². The van der Waals surface area contributed by atoms with E-state index in [1.807, 2.05) is 4.90 Å². The van der Waals surface area contributed by atoms with Gasteiger partial charge in [0.15, 0.2) is 0 Å². The molecule has 0 saturated carbocycles. The van der Waals surface area contributed by atoms with Gasteiger partial charge in [-0.05, 0) is 25.3 Å². The number of carbonyl (C=O) groups excluding carboxylic acids is 3. The van der Waals surface area contributed by atoms with Gasteiger partial charge >= 0.3 is 5.97 Å².